The van der Waals surface area contributed by atoms with Gasteiger partial charge in [-0.1, -0.05) is 23.9 Å². The van der Waals surface area contributed by atoms with Gasteiger partial charge in [-0.25, -0.2) is 19.4 Å². The Bertz CT molecular complexity index is 1380. The number of nitrogens with one attached hydrogen (secondary N) is 1. The van der Waals surface area contributed by atoms with Crippen LogP contribution in [0.25, 0.3) is 27.0 Å². The van der Waals surface area contributed by atoms with Crippen LogP contribution < -0.4 is 5.56 Å². The van der Waals surface area contributed by atoms with Gasteiger partial charge in [-0.3, -0.25) is 4.79 Å². The molecule has 0 aliphatic rings. The van der Waals surface area contributed by atoms with Crippen LogP contribution in [0.3, 0.4) is 0 Å². The molecule has 1 aromatic carbocycles. The molecule has 0 unspecified atom stereocenters. The summed E-state index contributed by atoms with van der Waals surface area (Å²) in [4.78, 5) is 31.5. The van der Waals surface area contributed by atoms with E-state index in [1.165, 1.54) is 10.4 Å². The molecular weight excluding hydrogens is 378 g/mol. The zero-order valence-corrected chi connectivity index (χ0v) is 16.3. The van der Waals surface area contributed by atoms with E-state index in [1.54, 1.807) is 39.9 Å². The monoisotopic (exact) mass is 393 g/mol. The molecule has 0 aliphatic carbocycles. The van der Waals surface area contributed by atoms with Gasteiger partial charge in [0.05, 0.1) is 11.0 Å². The van der Waals surface area contributed by atoms with Crippen molar-refractivity contribution in [2.75, 3.05) is 0 Å². The van der Waals surface area contributed by atoms with Crippen LogP contribution in [0.15, 0.2) is 46.5 Å². The van der Waals surface area contributed by atoms with Crippen LogP contribution in [0.1, 0.15) is 16.1 Å². The van der Waals surface area contributed by atoms with E-state index >= 15 is 0 Å². The highest BCUT2D eigenvalue weighted by Crippen LogP contribution is 2.35. The molecule has 0 fully saturated rings. The summed E-state index contributed by atoms with van der Waals surface area (Å²) in [5.41, 5.74) is 3.58. The zero-order chi connectivity index (χ0) is 18.5. The lowest BCUT2D eigenvalue weighted by Gasteiger charge is -2.04. The Morgan fingerprint density at radius 1 is 1.22 bits per heavy atom. The van der Waals surface area contributed by atoms with Gasteiger partial charge >= 0.3 is 0 Å². The Labute approximate surface area is 162 Å². The average Bonchev–Trinajstić information content (AvgIpc) is 3.18. The molecule has 0 aliphatic heterocycles. The zero-order valence-electron chi connectivity index (χ0n) is 14.7. The second-order valence-corrected chi connectivity index (χ2v) is 8.49. The maximum absolute atomic E-state index is 12.6. The molecule has 5 aromatic rings. The van der Waals surface area contributed by atoms with Crippen LogP contribution in [-0.4, -0.2) is 24.3 Å². The second-order valence-electron chi connectivity index (χ2n) is 6.32. The fraction of sp³-hybridized carbons (Fsp3) is 0.158. The number of thiophene rings is 1. The molecule has 4 heterocycles. The normalized spacial score (nSPS) is 11.8. The third-order valence-corrected chi connectivity index (χ3v) is 6.80. The van der Waals surface area contributed by atoms with Gasteiger partial charge in [0.15, 0.2) is 0 Å². The van der Waals surface area contributed by atoms with E-state index in [2.05, 4.69) is 33.8 Å². The average molecular weight is 393 g/mol. The molecule has 0 saturated heterocycles. The topological polar surface area (TPSA) is 75.9 Å². The minimum absolute atomic E-state index is 0.0801. The highest BCUT2D eigenvalue weighted by Gasteiger charge is 2.13. The molecule has 1 N–H and O–H groups in total. The summed E-state index contributed by atoms with van der Waals surface area (Å²) in [6.07, 6.45) is 1.60. The second kappa shape index (κ2) is 6.17. The van der Waals surface area contributed by atoms with Crippen LogP contribution in [0.5, 0.6) is 0 Å². The first-order chi connectivity index (χ1) is 13.1. The van der Waals surface area contributed by atoms with Crippen molar-refractivity contribution in [3.8, 4) is 0 Å². The predicted molar refractivity (Wildman–Crippen MR) is 110 cm³/mol. The molecule has 0 spiro atoms. The summed E-state index contributed by atoms with van der Waals surface area (Å²) in [5.74, 6) is 1.17. The largest absolute Gasteiger partial charge is 0.328 e. The quantitative estimate of drug-likeness (QED) is 0.369. The van der Waals surface area contributed by atoms with Crippen LogP contribution >= 0.6 is 23.1 Å². The van der Waals surface area contributed by atoms with Crippen LogP contribution in [-0.2, 0) is 5.75 Å². The summed E-state index contributed by atoms with van der Waals surface area (Å²) in [7, 11) is 0. The number of fused-ring (bicyclic) bond motifs is 4. The van der Waals surface area contributed by atoms with Crippen molar-refractivity contribution in [3.05, 3.63) is 63.1 Å². The summed E-state index contributed by atoms with van der Waals surface area (Å²) < 4.78 is 1.61. The first-order valence-corrected chi connectivity index (χ1v) is 10.2. The summed E-state index contributed by atoms with van der Waals surface area (Å²) in [6, 6.07) is 9.27. The van der Waals surface area contributed by atoms with Crippen molar-refractivity contribution in [3.63, 3.8) is 0 Å². The maximum atomic E-state index is 12.6. The molecular formula is C19H15N5OS2. The number of aryl methyl sites for hydroxylation is 2. The minimum atomic E-state index is -0.0801. The molecule has 134 valence electrons. The van der Waals surface area contributed by atoms with E-state index < -0.39 is 0 Å². The highest BCUT2D eigenvalue weighted by atomic mass is 32.2. The smallest absolute Gasteiger partial charge is 0.259 e. The van der Waals surface area contributed by atoms with Crippen molar-refractivity contribution in [2.45, 2.75) is 24.6 Å². The lowest BCUT2D eigenvalue weighted by atomic mass is 10.2. The van der Waals surface area contributed by atoms with Crippen molar-refractivity contribution in [1.82, 2.24) is 24.3 Å². The Kier molecular flexibility index (Phi) is 3.76. The fourth-order valence-corrected chi connectivity index (χ4v) is 5.23. The molecule has 0 saturated carbocycles. The number of hydrogen-bond acceptors (Lipinski definition) is 6. The molecule has 27 heavy (non-hydrogen) atoms. The SMILES string of the molecule is Cc1sc2ncnc(SCc3cc(=O)n4c(nc5ccccc54)[nH]3)c2c1C. The first kappa shape index (κ1) is 16.5. The fourth-order valence-electron chi connectivity index (χ4n) is 3.21. The number of benzene rings is 1. The summed E-state index contributed by atoms with van der Waals surface area (Å²) >= 11 is 3.29. The lowest BCUT2D eigenvalue weighted by molar-refractivity contribution is 1.03. The summed E-state index contributed by atoms with van der Waals surface area (Å²) in [6.45, 7) is 4.20. The number of aromatic nitrogens is 5. The van der Waals surface area contributed by atoms with Crippen molar-refractivity contribution in [1.29, 1.82) is 0 Å². The first-order valence-electron chi connectivity index (χ1n) is 8.45. The molecule has 0 amide bonds. The predicted octanol–water partition coefficient (Wildman–Crippen LogP) is 4.09. The van der Waals surface area contributed by atoms with Gasteiger partial charge in [0.2, 0.25) is 5.78 Å². The van der Waals surface area contributed by atoms with Crippen LogP contribution in [0.4, 0.5) is 0 Å². The van der Waals surface area contributed by atoms with Crippen LogP contribution in [0.2, 0.25) is 0 Å². The number of nitrogens with zero attached hydrogens (tertiary/aromatic N) is 4. The van der Waals surface area contributed by atoms with E-state index in [-0.39, 0.29) is 5.56 Å². The lowest BCUT2D eigenvalue weighted by Crippen LogP contribution is -2.14. The van der Waals surface area contributed by atoms with E-state index in [9.17, 15) is 4.79 Å². The maximum Gasteiger partial charge on any atom is 0.259 e. The molecule has 4 aromatic heterocycles. The molecule has 0 atom stereocenters. The number of H-pyrrole nitrogens is 1. The number of rotatable bonds is 3. The Morgan fingerprint density at radius 2 is 2.07 bits per heavy atom. The standard InChI is InChI=1S/C19H15N5OS2/c1-10-11(2)27-18-16(10)17(20-9-21-18)26-8-12-7-15(25)24-14-6-4-3-5-13(14)23-19(24)22-12/h3-7,9H,8H2,1-2H3,(H,22,23). The Balaban J connectivity index is 1.54. The molecule has 8 heteroatoms. The van der Waals surface area contributed by atoms with Gasteiger partial charge in [-0.05, 0) is 31.5 Å². The van der Waals surface area contributed by atoms with Gasteiger partial charge in [0.25, 0.3) is 5.56 Å². The number of imidazole rings is 1. The highest BCUT2D eigenvalue weighted by molar-refractivity contribution is 7.98. The number of thioether (sulfide) groups is 1. The van der Waals surface area contributed by atoms with Gasteiger partial charge in [-0.15, -0.1) is 11.3 Å². The van der Waals surface area contributed by atoms with Gasteiger partial charge in [-0.2, -0.15) is 0 Å². The van der Waals surface area contributed by atoms with Gasteiger partial charge in [0, 0.05) is 27.8 Å². The Morgan fingerprint density at radius 3 is 2.96 bits per heavy atom. The van der Waals surface area contributed by atoms with Crippen LogP contribution in [0, 0.1) is 13.8 Å². The van der Waals surface area contributed by atoms with E-state index in [0.29, 0.717) is 11.5 Å². The molecule has 0 bridgehead atoms. The number of hydrogen-bond donors (Lipinski definition) is 1. The third kappa shape index (κ3) is 2.64. The van der Waals surface area contributed by atoms with E-state index in [4.69, 9.17) is 0 Å². The third-order valence-electron chi connectivity index (χ3n) is 4.65. The van der Waals surface area contributed by atoms with E-state index in [1.807, 2.05) is 24.3 Å². The molecule has 0 radical (unpaired) electrons. The van der Waals surface area contributed by atoms with Crippen molar-refractivity contribution in [2.24, 2.45) is 0 Å². The van der Waals surface area contributed by atoms with E-state index in [0.717, 1.165) is 32.0 Å². The molecule has 6 nitrogen and oxygen atoms in total. The Hall–Kier alpha value is -2.71. The summed E-state index contributed by atoms with van der Waals surface area (Å²) in [5, 5.41) is 2.05. The minimum Gasteiger partial charge on any atom is -0.328 e. The van der Waals surface area contributed by atoms with Crippen molar-refractivity contribution < 1.29 is 0 Å². The van der Waals surface area contributed by atoms with Gasteiger partial charge in [0.1, 0.15) is 16.2 Å². The van der Waals surface area contributed by atoms with Gasteiger partial charge < -0.3 is 4.98 Å². The van der Waals surface area contributed by atoms with Crippen molar-refractivity contribution >= 4 is 50.1 Å². The number of aromatic amines is 1. The molecule has 5 rings (SSSR count). The number of para-hydroxylation sites is 2.